The van der Waals surface area contributed by atoms with Crippen LogP contribution in [0.4, 0.5) is 0 Å². The van der Waals surface area contributed by atoms with E-state index < -0.39 is 9.05 Å². The van der Waals surface area contributed by atoms with Crippen LogP contribution in [0.2, 0.25) is 0 Å². The highest BCUT2D eigenvalue weighted by molar-refractivity contribution is 8.13. The molecule has 0 spiro atoms. The first-order chi connectivity index (χ1) is 6.87. The summed E-state index contributed by atoms with van der Waals surface area (Å²) in [5.74, 6) is 0.658. The molecule has 0 aliphatic carbocycles. The van der Waals surface area contributed by atoms with Gasteiger partial charge in [0.05, 0.1) is 12.3 Å². The normalized spacial score (nSPS) is 12.3. The van der Waals surface area contributed by atoms with Crippen LogP contribution in [-0.4, -0.2) is 34.4 Å². The van der Waals surface area contributed by atoms with E-state index >= 15 is 0 Å². The van der Waals surface area contributed by atoms with Crippen LogP contribution in [0.15, 0.2) is 0 Å². The second-order valence-electron chi connectivity index (χ2n) is 3.65. The van der Waals surface area contributed by atoms with Gasteiger partial charge in [-0.1, -0.05) is 13.8 Å². The molecule has 0 radical (unpaired) electrons. The van der Waals surface area contributed by atoms with Gasteiger partial charge in [-0.25, -0.2) is 8.42 Å². The monoisotopic (exact) mass is 252 g/mol. The van der Waals surface area contributed by atoms with Crippen LogP contribution in [0.5, 0.6) is 0 Å². The highest BCUT2D eigenvalue weighted by Gasteiger charge is 2.10. The number of hydrogen-bond donors (Lipinski definition) is 0. The average molecular weight is 253 g/mol. The van der Waals surface area contributed by atoms with Gasteiger partial charge in [0, 0.05) is 17.1 Å². The van der Waals surface area contributed by atoms with Crippen LogP contribution >= 0.6 is 10.7 Å². The molecular formula is C7H13ClN4O2S. The lowest BCUT2D eigenvalue weighted by Crippen LogP contribution is -2.08. The Labute approximate surface area is 93.0 Å². The summed E-state index contributed by atoms with van der Waals surface area (Å²) < 4.78 is 21.3. The predicted octanol–water partition coefficient (Wildman–Crippen LogP) is 0.440. The first-order valence-corrected chi connectivity index (χ1v) is 7.03. The van der Waals surface area contributed by atoms with Crippen molar-refractivity contribution in [3.63, 3.8) is 0 Å². The van der Waals surface area contributed by atoms with Crippen molar-refractivity contribution in [2.45, 2.75) is 26.8 Å². The minimum Gasteiger partial charge on any atom is -0.212 e. The number of aryl methyl sites for hydroxylation is 1. The van der Waals surface area contributed by atoms with Gasteiger partial charge in [0.1, 0.15) is 0 Å². The Kier molecular flexibility index (Phi) is 4.04. The van der Waals surface area contributed by atoms with Gasteiger partial charge < -0.3 is 0 Å². The second kappa shape index (κ2) is 4.89. The number of rotatable bonds is 5. The van der Waals surface area contributed by atoms with Crippen molar-refractivity contribution in [3.05, 3.63) is 5.82 Å². The summed E-state index contributed by atoms with van der Waals surface area (Å²) in [6, 6.07) is 0. The molecule has 0 unspecified atom stereocenters. The highest BCUT2D eigenvalue weighted by Crippen LogP contribution is 2.01. The largest absolute Gasteiger partial charge is 0.233 e. The lowest BCUT2D eigenvalue weighted by molar-refractivity contribution is 0.428. The molecule has 0 saturated carbocycles. The Hall–Kier alpha value is -0.690. The molecule has 0 aromatic carbocycles. The fraction of sp³-hybridized carbons (Fsp3) is 0.857. The van der Waals surface area contributed by atoms with Crippen LogP contribution in [0.25, 0.3) is 0 Å². The Morgan fingerprint density at radius 3 is 2.67 bits per heavy atom. The SMILES string of the molecule is CC(C)Cn1nnc(CCS(=O)(=O)Cl)n1. The highest BCUT2D eigenvalue weighted by atomic mass is 35.7. The van der Waals surface area contributed by atoms with E-state index in [9.17, 15) is 8.42 Å². The molecule has 1 aromatic heterocycles. The van der Waals surface area contributed by atoms with E-state index in [2.05, 4.69) is 15.4 Å². The Bertz CT molecular complexity index is 414. The quantitative estimate of drug-likeness (QED) is 0.711. The van der Waals surface area contributed by atoms with Gasteiger partial charge in [-0.3, -0.25) is 0 Å². The molecule has 0 fully saturated rings. The first-order valence-electron chi connectivity index (χ1n) is 4.56. The summed E-state index contributed by atoms with van der Waals surface area (Å²) in [4.78, 5) is 1.46. The molecule has 0 atom stereocenters. The maximum absolute atomic E-state index is 10.7. The molecular weight excluding hydrogens is 240 g/mol. The number of halogens is 1. The molecule has 86 valence electrons. The van der Waals surface area contributed by atoms with Crippen molar-refractivity contribution >= 4 is 19.7 Å². The third-order valence-corrected chi connectivity index (χ3v) is 2.75. The molecule has 0 N–H and O–H groups in total. The van der Waals surface area contributed by atoms with E-state index in [1.807, 2.05) is 13.8 Å². The van der Waals surface area contributed by atoms with E-state index in [0.29, 0.717) is 18.3 Å². The van der Waals surface area contributed by atoms with Crippen molar-refractivity contribution in [2.24, 2.45) is 5.92 Å². The van der Waals surface area contributed by atoms with Crippen molar-refractivity contribution in [1.82, 2.24) is 20.2 Å². The average Bonchev–Trinajstić information content (AvgIpc) is 2.46. The zero-order chi connectivity index (χ0) is 11.5. The zero-order valence-corrected chi connectivity index (χ0v) is 10.2. The molecule has 1 aromatic rings. The molecule has 15 heavy (non-hydrogen) atoms. The molecule has 0 amide bonds. The minimum atomic E-state index is -3.48. The van der Waals surface area contributed by atoms with Gasteiger partial charge in [-0.05, 0) is 11.1 Å². The minimum absolute atomic E-state index is 0.165. The summed E-state index contributed by atoms with van der Waals surface area (Å²) in [5, 5.41) is 11.6. The topological polar surface area (TPSA) is 77.7 Å². The molecule has 8 heteroatoms. The molecule has 0 aliphatic rings. The van der Waals surface area contributed by atoms with Crippen LogP contribution in [0.3, 0.4) is 0 Å². The lowest BCUT2D eigenvalue weighted by Gasteiger charge is -2.00. The number of aromatic nitrogens is 4. The maximum atomic E-state index is 10.7. The summed E-state index contributed by atoms with van der Waals surface area (Å²) in [5.41, 5.74) is 0. The van der Waals surface area contributed by atoms with Gasteiger partial charge in [0.25, 0.3) is 0 Å². The first kappa shape index (κ1) is 12.4. The van der Waals surface area contributed by atoms with Gasteiger partial charge in [0.2, 0.25) is 9.05 Å². The summed E-state index contributed by atoms with van der Waals surface area (Å²) >= 11 is 0. The zero-order valence-electron chi connectivity index (χ0n) is 8.59. The number of nitrogens with zero attached hydrogens (tertiary/aromatic N) is 4. The van der Waals surface area contributed by atoms with Gasteiger partial charge in [-0.2, -0.15) is 4.80 Å². The molecule has 0 saturated heterocycles. The molecule has 6 nitrogen and oxygen atoms in total. The number of tetrazole rings is 1. The standard InChI is InChI=1S/C7H13ClN4O2S/c1-6(2)5-12-10-7(9-11-12)3-4-15(8,13)14/h6H,3-5H2,1-2H3. The molecule has 0 bridgehead atoms. The predicted molar refractivity (Wildman–Crippen MR) is 56.0 cm³/mol. The van der Waals surface area contributed by atoms with E-state index in [-0.39, 0.29) is 12.2 Å². The smallest absolute Gasteiger partial charge is 0.212 e. The molecule has 0 aliphatic heterocycles. The molecule has 1 heterocycles. The van der Waals surface area contributed by atoms with Gasteiger partial charge in [-0.15, -0.1) is 10.2 Å². The van der Waals surface area contributed by atoms with Gasteiger partial charge >= 0.3 is 0 Å². The van der Waals surface area contributed by atoms with Crippen LogP contribution in [0.1, 0.15) is 19.7 Å². The second-order valence-corrected chi connectivity index (χ2v) is 6.54. The van der Waals surface area contributed by atoms with Crippen molar-refractivity contribution < 1.29 is 8.42 Å². The van der Waals surface area contributed by atoms with E-state index in [1.165, 1.54) is 4.80 Å². The van der Waals surface area contributed by atoms with Crippen LogP contribution < -0.4 is 0 Å². The van der Waals surface area contributed by atoms with Gasteiger partial charge in [0.15, 0.2) is 5.82 Å². The summed E-state index contributed by atoms with van der Waals surface area (Å²) in [7, 11) is 1.58. The lowest BCUT2D eigenvalue weighted by atomic mass is 10.2. The fourth-order valence-corrected chi connectivity index (χ4v) is 1.65. The van der Waals surface area contributed by atoms with E-state index in [0.717, 1.165) is 0 Å². The Balaban J connectivity index is 2.53. The van der Waals surface area contributed by atoms with Crippen LogP contribution in [0, 0.1) is 5.92 Å². The summed E-state index contributed by atoms with van der Waals surface area (Å²) in [6.07, 6.45) is 0.198. The Morgan fingerprint density at radius 1 is 1.47 bits per heavy atom. The summed E-state index contributed by atoms with van der Waals surface area (Å²) in [6.45, 7) is 4.74. The van der Waals surface area contributed by atoms with Crippen molar-refractivity contribution in [2.75, 3.05) is 5.75 Å². The van der Waals surface area contributed by atoms with E-state index in [1.54, 1.807) is 0 Å². The third-order valence-electron chi connectivity index (χ3n) is 1.59. The van der Waals surface area contributed by atoms with Crippen LogP contribution in [-0.2, 0) is 22.0 Å². The Morgan fingerprint density at radius 2 is 2.13 bits per heavy atom. The van der Waals surface area contributed by atoms with Crippen molar-refractivity contribution in [3.8, 4) is 0 Å². The maximum Gasteiger partial charge on any atom is 0.233 e. The third kappa shape index (κ3) is 5.08. The van der Waals surface area contributed by atoms with E-state index in [4.69, 9.17) is 10.7 Å². The van der Waals surface area contributed by atoms with Crippen molar-refractivity contribution in [1.29, 1.82) is 0 Å². The fourth-order valence-electron chi connectivity index (χ4n) is 0.994. The number of hydrogen-bond acceptors (Lipinski definition) is 5. The molecule has 1 rings (SSSR count).